The van der Waals surface area contributed by atoms with Crippen LogP contribution in [0.5, 0.6) is 0 Å². The number of rotatable bonds is 4. The third kappa shape index (κ3) is 3.38. The average Bonchev–Trinajstić information content (AvgIpc) is 2.22. The first-order valence-electron chi connectivity index (χ1n) is 5.39. The molecule has 1 fully saturated rings. The third-order valence-corrected chi connectivity index (χ3v) is 2.42. The maximum absolute atomic E-state index is 9.56. The highest BCUT2D eigenvalue weighted by atomic mass is 16.6. The van der Waals surface area contributed by atoms with Gasteiger partial charge in [-0.1, -0.05) is 13.8 Å². The summed E-state index contributed by atoms with van der Waals surface area (Å²) < 4.78 is 10.2. The molecular formula is C10H20O6. The lowest BCUT2D eigenvalue weighted by Crippen LogP contribution is -2.58. The van der Waals surface area contributed by atoms with Crippen molar-refractivity contribution in [1.29, 1.82) is 0 Å². The van der Waals surface area contributed by atoms with Crippen molar-refractivity contribution < 1.29 is 29.9 Å². The number of aliphatic hydroxyl groups is 4. The lowest BCUT2D eigenvalue weighted by Gasteiger charge is -2.38. The summed E-state index contributed by atoms with van der Waals surface area (Å²) in [7, 11) is 0. The highest BCUT2D eigenvalue weighted by Gasteiger charge is 2.42. The Labute approximate surface area is 94.4 Å². The standard InChI is InChI=1S/C10H20O6/c1-5(2)3-15-4-6-7(11)8(12)9(13)10(14)16-6/h5-14H,3-4H2,1-2H3. The molecule has 16 heavy (non-hydrogen) atoms. The van der Waals surface area contributed by atoms with Crippen molar-refractivity contribution in [3.63, 3.8) is 0 Å². The van der Waals surface area contributed by atoms with Crippen LogP contribution in [-0.4, -0.2) is 64.3 Å². The molecular weight excluding hydrogens is 216 g/mol. The average molecular weight is 236 g/mol. The van der Waals surface area contributed by atoms with E-state index in [9.17, 15) is 20.4 Å². The van der Waals surface area contributed by atoms with Gasteiger partial charge in [0.2, 0.25) is 0 Å². The fourth-order valence-electron chi connectivity index (χ4n) is 1.49. The van der Waals surface area contributed by atoms with E-state index in [1.807, 2.05) is 13.8 Å². The lowest BCUT2D eigenvalue weighted by molar-refractivity contribution is -0.288. The summed E-state index contributed by atoms with van der Waals surface area (Å²) >= 11 is 0. The Morgan fingerprint density at radius 1 is 1.06 bits per heavy atom. The van der Waals surface area contributed by atoms with Gasteiger partial charge in [0.05, 0.1) is 6.61 Å². The topological polar surface area (TPSA) is 99.4 Å². The Bertz CT molecular complexity index is 209. The Kier molecular flexibility index (Phi) is 5.10. The molecule has 0 bridgehead atoms. The predicted octanol–water partition coefficient (Wildman–Crippen LogP) is -1.54. The molecule has 4 N–H and O–H groups in total. The predicted molar refractivity (Wildman–Crippen MR) is 54.6 cm³/mol. The van der Waals surface area contributed by atoms with E-state index in [1.54, 1.807) is 0 Å². The molecule has 0 saturated carbocycles. The molecule has 0 amide bonds. The molecule has 0 aromatic rings. The van der Waals surface area contributed by atoms with Gasteiger partial charge in [-0.25, -0.2) is 0 Å². The Balaban J connectivity index is 2.41. The second-order valence-corrected chi connectivity index (χ2v) is 4.47. The quantitative estimate of drug-likeness (QED) is 0.472. The number of ether oxygens (including phenoxy) is 2. The van der Waals surface area contributed by atoms with Crippen LogP contribution >= 0.6 is 0 Å². The van der Waals surface area contributed by atoms with Gasteiger partial charge in [0, 0.05) is 6.61 Å². The number of aliphatic hydroxyl groups excluding tert-OH is 4. The van der Waals surface area contributed by atoms with E-state index >= 15 is 0 Å². The van der Waals surface area contributed by atoms with Crippen molar-refractivity contribution in [3.05, 3.63) is 0 Å². The molecule has 1 saturated heterocycles. The van der Waals surface area contributed by atoms with Crippen molar-refractivity contribution in [1.82, 2.24) is 0 Å². The minimum atomic E-state index is -1.49. The van der Waals surface area contributed by atoms with Gasteiger partial charge < -0.3 is 29.9 Å². The zero-order chi connectivity index (χ0) is 12.3. The molecule has 6 heteroatoms. The van der Waals surface area contributed by atoms with Crippen LogP contribution < -0.4 is 0 Å². The molecule has 96 valence electrons. The van der Waals surface area contributed by atoms with Crippen LogP contribution in [0.1, 0.15) is 13.8 Å². The second kappa shape index (κ2) is 5.90. The maximum Gasteiger partial charge on any atom is 0.184 e. The summed E-state index contributed by atoms with van der Waals surface area (Å²) in [5.74, 6) is 0.348. The van der Waals surface area contributed by atoms with Crippen LogP contribution in [0.4, 0.5) is 0 Å². The molecule has 0 aliphatic carbocycles. The Morgan fingerprint density at radius 3 is 2.25 bits per heavy atom. The highest BCUT2D eigenvalue weighted by Crippen LogP contribution is 2.20. The normalized spacial score (nSPS) is 40.3. The van der Waals surface area contributed by atoms with E-state index in [4.69, 9.17) is 9.47 Å². The summed E-state index contributed by atoms with van der Waals surface area (Å²) in [6, 6.07) is 0. The van der Waals surface area contributed by atoms with Crippen molar-refractivity contribution in [2.24, 2.45) is 5.92 Å². The van der Waals surface area contributed by atoms with Crippen molar-refractivity contribution in [2.45, 2.75) is 44.6 Å². The zero-order valence-electron chi connectivity index (χ0n) is 9.48. The van der Waals surface area contributed by atoms with Crippen LogP contribution in [0.3, 0.4) is 0 Å². The van der Waals surface area contributed by atoms with Gasteiger partial charge in [0.1, 0.15) is 24.4 Å². The first-order chi connectivity index (χ1) is 7.43. The van der Waals surface area contributed by atoms with E-state index < -0.39 is 30.7 Å². The van der Waals surface area contributed by atoms with Crippen LogP contribution in [0.25, 0.3) is 0 Å². The second-order valence-electron chi connectivity index (χ2n) is 4.47. The fraction of sp³-hybridized carbons (Fsp3) is 1.00. The SMILES string of the molecule is CC(C)COCC1OC(O)C(O)C(O)C1O. The van der Waals surface area contributed by atoms with Gasteiger partial charge in [0.25, 0.3) is 0 Å². The Morgan fingerprint density at radius 2 is 1.69 bits per heavy atom. The molecule has 1 heterocycles. The van der Waals surface area contributed by atoms with Crippen molar-refractivity contribution >= 4 is 0 Å². The summed E-state index contributed by atoms with van der Waals surface area (Å²) in [4.78, 5) is 0. The van der Waals surface area contributed by atoms with Gasteiger partial charge in [0.15, 0.2) is 6.29 Å². The molecule has 1 rings (SSSR count). The smallest absolute Gasteiger partial charge is 0.184 e. The molecule has 6 nitrogen and oxygen atoms in total. The summed E-state index contributed by atoms with van der Waals surface area (Å²) in [5.41, 5.74) is 0. The monoisotopic (exact) mass is 236 g/mol. The van der Waals surface area contributed by atoms with Crippen LogP contribution in [-0.2, 0) is 9.47 Å². The molecule has 0 aromatic heterocycles. The summed E-state index contributed by atoms with van der Waals surface area (Å²) in [6.45, 7) is 4.53. The van der Waals surface area contributed by atoms with E-state index in [0.717, 1.165) is 0 Å². The first-order valence-corrected chi connectivity index (χ1v) is 5.39. The van der Waals surface area contributed by atoms with Gasteiger partial charge in [-0.15, -0.1) is 0 Å². The largest absolute Gasteiger partial charge is 0.387 e. The summed E-state index contributed by atoms with van der Waals surface area (Å²) in [6.07, 6.45) is -6.49. The van der Waals surface area contributed by atoms with E-state index in [-0.39, 0.29) is 6.61 Å². The molecule has 5 unspecified atom stereocenters. The molecule has 0 spiro atoms. The molecule has 0 radical (unpaired) electrons. The minimum Gasteiger partial charge on any atom is -0.387 e. The maximum atomic E-state index is 9.56. The van der Waals surface area contributed by atoms with E-state index in [2.05, 4.69) is 0 Å². The van der Waals surface area contributed by atoms with Gasteiger partial charge in [-0.05, 0) is 5.92 Å². The zero-order valence-corrected chi connectivity index (χ0v) is 9.48. The third-order valence-electron chi connectivity index (χ3n) is 2.42. The van der Waals surface area contributed by atoms with Crippen LogP contribution in [0.15, 0.2) is 0 Å². The molecule has 1 aliphatic heterocycles. The minimum absolute atomic E-state index is 0.0696. The van der Waals surface area contributed by atoms with E-state index in [1.165, 1.54) is 0 Å². The fourth-order valence-corrected chi connectivity index (χ4v) is 1.49. The molecule has 0 aromatic carbocycles. The van der Waals surface area contributed by atoms with Gasteiger partial charge in [-0.2, -0.15) is 0 Å². The molecule has 1 aliphatic rings. The number of hydrogen-bond donors (Lipinski definition) is 4. The number of hydrogen-bond acceptors (Lipinski definition) is 6. The first kappa shape index (κ1) is 13.8. The van der Waals surface area contributed by atoms with Crippen molar-refractivity contribution in [2.75, 3.05) is 13.2 Å². The van der Waals surface area contributed by atoms with Crippen molar-refractivity contribution in [3.8, 4) is 0 Å². The van der Waals surface area contributed by atoms with Gasteiger partial charge >= 0.3 is 0 Å². The van der Waals surface area contributed by atoms with Crippen LogP contribution in [0, 0.1) is 5.92 Å². The van der Waals surface area contributed by atoms with Crippen LogP contribution in [0.2, 0.25) is 0 Å². The highest BCUT2D eigenvalue weighted by molar-refractivity contribution is 4.88. The molecule has 5 atom stereocenters. The lowest BCUT2D eigenvalue weighted by atomic mass is 9.99. The van der Waals surface area contributed by atoms with E-state index in [0.29, 0.717) is 12.5 Å². The van der Waals surface area contributed by atoms with Gasteiger partial charge in [-0.3, -0.25) is 0 Å². The Hall–Kier alpha value is -0.240. The summed E-state index contributed by atoms with van der Waals surface area (Å²) in [5, 5.41) is 37.4.